The van der Waals surface area contributed by atoms with Crippen LogP contribution in [-0.2, 0) is 4.74 Å². The minimum Gasteiger partial charge on any atom is -0.394 e. The van der Waals surface area contributed by atoms with E-state index in [2.05, 4.69) is 20.3 Å². The van der Waals surface area contributed by atoms with Gasteiger partial charge < -0.3 is 31.1 Å². The predicted octanol–water partition coefficient (Wildman–Crippen LogP) is -2.64. The average molecular weight is 312 g/mol. The molecule has 0 aromatic carbocycles. The van der Waals surface area contributed by atoms with Crippen molar-refractivity contribution < 1.29 is 20.1 Å². The van der Waals surface area contributed by atoms with Gasteiger partial charge in [0.15, 0.2) is 17.4 Å². The standard InChI is InChI=1S/C11H16N6O5/c1-13-11-14-4-7(15-10(12)16-8(4)21)17(11)9-6(20)5(19)3(2-18)22-9/h3,5-6,9,18-20H,2H2,1H3,(H,13,14)(H3,12,15,16,21)/t3-,5?,6+,9-/m1/s1. The summed E-state index contributed by atoms with van der Waals surface area (Å²) in [6.07, 6.45) is -4.64. The Bertz CT molecular complexity index is 757. The molecule has 1 saturated heterocycles. The molecule has 0 spiro atoms. The van der Waals surface area contributed by atoms with Crippen molar-refractivity contribution in [1.29, 1.82) is 0 Å². The number of aromatic nitrogens is 4. The second-order valence-electron chi connectivity index (χ2n) is 4.91. The fraction of sp³-hybridized carbons (Fsp3) is 0.545. The Hall–Kier alpha value is -2.21. The van der Waals surface area contributed by atoms with Gasteiger partial charge in [-0.15, -0.1) is 0 Å². The molecular formula is C11H16N6O5. The summed E-state index contributed by atoms with van der Waals surface area (Å²) >= 11 is 0. The molecule has 4 atom stereocenters. The number of hydrogen-bond acceptors (Lipinski definition) is 9. The van der Waals surface area contributed by atoms with Crippen LogP contribution in [0, 0.1) is 0 Å². The number of nitrogens with zero attached hydrogens (tertiary/aromatic N) is 3. The van der Waals surface area contributed by atoms with E-state index in [1.165, 1.54) is 4.57 Å². The van der Waals surface area contributed by atoms with E-state index in [0.717, 1.165) is 0 Å². The first-order chi connectivity index (χ1) is 10.5. The van der Waals surface area contributed by atoms with Crippen LogP contribution in [0.25, 0.3) is 11.2 Å². The first-order valence-corrected chi connectivity index (χ1v) is 6.55. The zero-order valence-corrected chi connectivity index (χ0v) is 11.6. The highest BCUT2D eigenvalue weighted by atomic mass is 16.6. The molecule has 0 saturated carbocycles. The summed E-state index contributed by atoms with van der Waals surface area (Å²) in [5.74, 6) is 0.0847. The summed E-state index contributed by atoms with van der Waals surface area (Å²) in [5, 5.41) is 31.9. The normalized spacial score (nSPS) is 28.4. The number of rotatable bonds is 3. The number of fused-ring (bicyclic) bond motifs is 1. The highest BCUT2D eigenvalue weighted by Gasteiger charge is 2.45. The molecule has 1 unspecified atom stereocenters. The van der Waals surface area contributed by atoms with Gasteiger partial charge in [-0.2, -0.15) is 4.98 Å². The molecule has 0 bridgehead atoms. The number of imidazole rings is 1. The number of nitrogens with one attached hydrogen (secondary N) is 2. The highest BCUT2D eigenvalue weighted by Crippen LogP contribution is 2.33. The molecule has 7 N–H and O–H groups in total. The van der Waals surface area contributed by atoms with E-state index in [9.17, 15) is 20.1 Å². The first kappa shape index (κ1) is 14.7. The number of ether oxygens (including phenoxy) is 1. The first-order valence-electron chi connectivity index (χ1n) is 6.55. The third-order valence-corrected chi connectivity index (χ3v) is 3.56. The largest absolute Gasteiger partial charge is 0.394 e. The Morgan fingerprint density at radius 2 is 2.14 bits per heavy atom. The van der Waals surface area contributed by atoms with E-state index >= 15 is 0 Å². The van der Waals surface area contributed by atoms with Gasteiger partial charge in [-0.25, -0.2) is 4.98 Å². The summed E-state index contributed by atoms with van der Waals surface area (Å²) in [6.45, 7) is -0.466. The van der Waals surface area contributed by atoms with Gasteiger partial charge in [0.25, 0.3) is 5.56 Å². The molecule has 0 radical (unpaired) electrons. The van der Waals surface area contributed by atoms with Gasteiger partial charge >= 0.3 is 0 Å². The van der Waals surface area contributed by atoms with Crippen LogP contribution in [0.15, 0.2) is 4.79 Å². The second-order valence-corrected chi connectivity index (χ2v) is 4.91. The van der Waals surface area contributed by atoms with Gasteiger partial charge in [0.05, 0.1) is 6.61 Å². The molecule has 3 rings (SSSR count). The molecule has 11 nitrogen and oxygen atoms in total. The third kappa shape index (κ3) is 2.02. The molecule has 2 aromatic rings. The van der Waals surface area contributed by atoms with Gasteiger partial charge in [0.1, 0.15) is 18.3 Å². The van der Waals surface area contributed by atoms with Crippen molar-refractivity contribution in [1.82, 2.24) is 19.5 Å². The van der Waals surface area contributed by atoms with E-state index in [1.807, 2.05) is 0 Å². The van der Waals surface area contributed by atoms with Crippen LogP contribution in [0.1, 0.15) is 6.23 Å². The van der Waals surface area contributed by atoms with Gasteiger partial charge in [-0.3, -0.25) is 14.3 Å². The molecule has 120 valence electrons. The van der Waals surface area contributed by atoms with E-state index in [1.54, 1.807) is 7.05 Å². The third-order valence-electron chi connectivity index (χ3n) is 3.56. The molecule has 1 aliphatic rings. The van der Waals surface area contributed by atoms with Crippen LogP contribution in [0.5, 0.6) is 0 Å². The van der Waals surface area contributed by atoms with Crippen LogP contribution in [0.3, 0.4) is 0 Å². The summed E-state index contributed by atoms with van der Waals surface area (Å²) < 4.78 is 6.77. The van der Waals surface area contributed by atoms with E-state index < -0.39 is 36.7 Å². The topological polar surface area (TPSA) is 172 Å². The van der Waals surface area contributed by atoms with Gasteiger partial charge in [0.2, 0.25) is 11.9 Å². The van der Waals surface area contributed by atoms with Crippen LogP contribution in [0.2, 0.25) is 0 Å². The zero-order chi connectivity index (χ0) is 16.0. The molecule has 22 heavy (non-hydrogen) atoms. The van der Waals surface area contributed by atoms with Crippen LogP contribution in [-0.4, -0.2) is 66.8 Å². The van der Waals surface area contributed by atoms with Crippen molar-refractivity contribution in [2.45, 2.75) is 24.5 Å². The SMILES string of the molecule is CNc1nc2c(=O)[nH]c(N)nc2n1[C@@H]1O[C@H](CO)C(O)[C@@H]1O. The minimum atomic E-state index is -1.33. The van der Waals surface area contributed by atoms with Crippen molar-refractivity contribution in [3.63, 3.8) is 0 Å². The van der Waals surface area contributed by atoms with Crippen LogP contribution < -0.4 is 16.6 Å². The van der Waals surface area contributed by atoms with Crippen molar-refractivity contribution in [3.05, 3.63) is 10.4 Å². The van der Waals surface area contributed by atoms with Gasteiger partial charge in [0, 0.05) is 7.05 Å². The molecule has 2 aromatic heterocycles. The molecule has 3 heterocycles. The molecular weight excluding hydrogens is 296 g/mol. The number of anilines is 2. The zero-order valence-electron chi connectivity index (χ0n) is 11.6. The Labute approximate surface area is 123 Å². The number of nitrogens with two attached hydrogens (primary N) is 1. The second kappa shape index (κ2) is 5.21. The van der Waals surface area contributed by atoms with Crippen molar-refractivity contribution >= 4 is 23.1 Å². The number of nitrogen functional groups attached to an aromatic ring is 1. The fourth-order valence-electron chi connectivity index (χ4n) is 2.51. The van der Waals surface area contributed by atoms with Crippen LogP contribution >= 0.6 is 0 Å². The quantitative estimate of drug-likeness (QED) is 0.354. The maximum Gasteiger partial charge on any atom is 0.280 e. The highest BCUT2D eigenvalue weighted by molar-refractivity contribution is 5.74. The van der Waals surface area contributed by atoms with Crippen molar-refractivity contribution in [3.8, 4) is 0 Å². The Balaban J connectivity index is 2.20. The van der Waals surface area contributed by atoms with Crippen molar-refractivity contribution in [2.24, 2.45) is 0 Å². The summed E-state index contributed by atoms with van der Waals surface area (Å²) in [6, 6.07) is 0. The Morgan fingerprint density at radius 3 is 2.73 bits per heavy atom. The lowest BCUT2D eigenvalue weighted by Gasteiger charge is -2.18. The number of aromatic amines is 1. The predicted molar refractivity (Wildman–Crippen MR) is 75.1 cm³/mol. The number of aliphatic hydroxyl groups excluding tert-OH is 3. The van der Waals surface area contributed by atoms with E-state index in [0.29, 0.717) is 0 Å². The van der Waals surface area contributed by atoms with Crippen LogP contribution in [0.4, 0.5) is 11.9 Å². The molecule has 0 amide bonds. The molecule has 11 heteroatoms. The van der Waals surface area contributed by atoms with Gasteiger partial charge in [-0.05, 0) is 0 Å². The number of H-pyrrole nitrogens is 1. The van der Waals surface area contributed by atoms with Gasteiger partial charge in [-0.1, -0.05) is 0 Å². The number of hydrogen-bond donors (Lipinski definition) is 6. The maximum atomic E-state index is 11.9. The lowest BCUT2D eigenvalue weighted by Crippen LogP contribution is -2.33. The lowest BCUT2D eigenvalue weighted by atomic mass is 10.1. The minimum absolute atomic E-state index is 0.0105. The van der Waals surface area contributed by atoms with E-state index in [-0.39, 0.29) is 23.1 Å². The smallest absolute Gasteiger partial charge is 0.280 e. The maximum absolute atomic E-state index is 11.9. The fourth-order valence-corrected chi connectivity index (χ4v) is 2.51. The number of aliphatic hydroxyl groups is 3. The average Bonchev–Trinajstić information content (AvgIpc) is 2.98. The molecule has 1 aliphatic heterocycles. The Morgan fingerprint density at radius 1 is 1.41 bits per heavy atom. The summed E-state index contributed by atoms with van der Waals surface area (Å²) in [4.78, 5) is 22.3. The summed E-state index contributed by atoms with van der Waals surface area (Å²) in [7, 11) is 1.57. The monoisotopic (exact) mass is 312 g/mol. The summed E-state index contributed by atoms with van der Waals surface area (Å²) in [5.41, 5.74) is 5.11. The van der Waals surface area contributed by atoms with Crippen molar-refractivity contribution in [2.75, 3.05) is 24.7 Å². The lowest BCUT2D eigenvalue weighted by molar-refractivity contribution is -0.0501. The molecule has 0 aliphatic carbocycles. The molecule has 1 fully saturated rings. The Kier molecular flexibility index (Phi) is 3.48. The van der Waals surface area contributed by atoms with E-state index in [4.69, 9.17) is 10.5 Å².